The number of rotatable bonds is 4. The summed E-state index contributed by atoms with van der Waals surface area (Å²) < 4.78 is 1.63. The zero-order valence-electron chi connectivity index (χ0n) is 15.6. The topological polar surface area (TPSA) is 55.2 Å². The number of carbonyl (C=O) groups is 1. The van der Waals surface area contributed by atoms with E-state index in [9.17, 15) is 9.59 Å². The van der Waals surface area contributed by atoms with Crippen molar-refractivity contribution >= 4 is 16.8 Å². The van der Waals surface area contributed by atoms with Crippen LogP contribution < -0.4 is 5.56 Å². The molecule has 1 aromatic carbocycles. The van der Waals surface area contributed by atoms with E-state index >= 15 is 0 Å². The number of nitrogens with zero attached hydrogens (tertiary/aromatic N) is 3. The minimum atomic E-state index is -0.187. The van der Waals surface area contributed by atoms with E-state index < -0.39 is 0 Å². The fourth-order valence-corrected chi connectivity index (χ4v) is 4.32. The third-order valence-corrected chi connectivity index (χ3v) is 5.96. The number of hydrogen-bond acceptors (Lipinski definition) is 3. The Morgan fingerprint density at radius 1 is 1.15 bits per heavy atom. The molecule has 138 valence electrons. The quantitative estimate of drug-likeness (QED) is 0.844. The summed E-state index contributed by atoms with van der Waals surface area (Å²) in [5.41, 5.74) is 0.667. The zero-order chi connectivity index (χ0) is 18.3. The largest absolute Gasteiger partial charge is 0.330 e. The van der Waals surface area contributed by atoms with Gasteiger partial charge in [0.05, 0.1) is 16.9 Å². The number of para-hydroxylation sites is 1. The molecule has 1 unspecified atom stereocenters. The summed E-state index contributed by atoms with van der Waals surface area (Å²) in [6.07, 6.45) is 7.72. The highest BCUT2D eigenvalue weighted by atomic mass is 16.2. The number of fused-ring (bicyclic) bond motifs is 1. The average molecular weight is 353 g/mol. The zero-order valence-corrected chi connectivity index (χ0v) is 15.6. The molecule has 0 bridgehead atoms. The fraction of sp³-hybridized carbons (Fsp3) is 0.571. The Bertz CT molecular complexity index is 878. The van der Waals surface area contributed by atoms with Crippen LogP contribution in [0.2, 0.25) is 0 Å². The number of hydrogen-bond donors (Lipinski definition) is 0. The molecule has 1 heterocycles. The highest BCUT2D eigenvalue weighted by Crippen LogP contribution is 2.37. The molecule has 0 N–H and O–H groups in total. The van der Waals surface area contributed by atoms with Crippen LogP contribution in [0.15, 0.2) is 29.1 Å². The second kappa shape index (κ2) is 6.86. The summed E-state index contributed by atoms with van der Waals surface area (Å²) in [6.45, 7) is 2.03. The number of benzene rings is 1. The Hall–Kier alpha value is -2.17. The molecule has 26 heavy (non-hydrogen) atoms. The standard InChI is InChI=1S/C21H27N3O2/c1-14(19-22-18-11-7-6-10-17(18)21(26)23(19)2)24(20(25)15-12-13-15)16-8-4-3-5-9-16/h6-7,10-11,14-16H,3-5,8-9,12-13H2,1-2H3. The molecule has 4 rings (SSSR count). The lowest BCUT2D eigenvalue weighted by Crippen LogP contribution is -2.45. The van der Waals surface area contributed by atoms with E-state index in [0.717, 1.165) is 25.7 Å². The molecule has 1 amide bonds. The van der Waals surface area contributed by atoms with E-state index in [-0.39, 0.29) is 29.5 Å². The van der Waals surface area contributed by atoms with Crippen molar-refractivity contribution in [1.29, 1.82) is 0 Å². The maximum Gasteiger partial charge on any atom is 0.261 e. The van der Waals surface area contributed by atoms with Crippen molar-refractivity contribution in [3.63, 3.8) is 0 Å². The van der Waals surface area contributed by atoms with Crippen LogP contribution in [0.3, 0.4) is 0 Å². The van der Waals surface area contributed by atoms with Crippen molar-refractivity contribution in [3.05, 3.63) is 40.4 Å². The summed E-state index contributed by atoms with van der Waals surface area (Å²) >= 11 is 0. The first-order valence-corrected chi connectivity index (χ1v) is 9.85. The lowest BCUT2D eigenvalue weighted by molar-refractivity contribution is -0.138. The Morgan fingerprint density at radius 2 is 1.85 bits per heavy atom. The van der Waals surface area contributed by atoms with Crippen LogP contribution in [0, 0.1) is 5.92 Å². The number of aromatic nitrogens is 2. The van der Waals surface area contributed by atoms with Crippen molar-refractivity contribution in [2.24, 2.45) is 13.0 Å². The molecule has 1 aromatic heterocycles. The lowest BCUT2D eigenvalue weighted by atomic mass is 9.92. The molecular formula is C21H27N3O2. The summed E-state index contributed by atoms with van der Waals surface area (Å²) in [4.78, 5) is 32.7. The molecule has 2 fully saturated rings. The molecule has 1 atom stereocenters. The molecule has 5 heteroatoms. The SMILES string of the molecule is CC(c1nc2ccccc2c(=O)n1C)N(C(=O)C1CC1)C1CCCCC1. The second-order valence-electron chi connectivity index (χ2n) is 7.84. The van der Waals surface area contributed by atoms with Crippen LogP contribution in [0.5, 0.6) is 0 Å². The van der Waals surface area contributed by atoms with Crippen LogP contribution >= 0.6 is 0 Å². The van der Waals surface area contributed by atoms with Gasteiger partial charge in [-0.05, 0) is 44.7 Å². The summed E-state index contributed by atoms with van der Waals surface area (Å²) in [5, 5.41) is 0.628. The van der Waals surface area contributed by atoms with Gasteiger partial charge in [-0.2, -0.15) is 0 Å². The first-order chi connectivity index (χ1) is 12.6. The Morgan fingerprint density at radius 3 is 2.54 bits per heavy atom. The monoisotopic (exact) mass is 353 g/mol. The van der Waals surface area contributed by atoms with Gasteiger partial charge in [0.1, 0.15) is 5.82 Å². The van der Waals surface area contributed by atoms with Crippen molar-refractivity contribution in [1.82, 2.24) is 14.5 Å². The first-order valence-electron chi connectivity index (χ1n) is 9.85. The van der Waals surface area contributed by atoms with E-state index in [1.807, 2.05) is 31.2 Å². The third-order valence-electron chi connectivity index (χ3n) is 5.96. The van der Waals surface area contributed by atoms with Gasteiger partial charge in [-0.3, -0.25) is 14.2 Å². The minimum Gasteiger partial charge on any atom is -0.330 e. The average Bonchev–Trinajstić information content (AvgIpc) is 3.51. The predicted molar refractivity (Wildman–Crippen MR) is 102 cm³/mol. The van der Waals surface area contributed by atoms with Crippen molar-refractivity contribution in [3.8, 4) is 0 Å². The van der Waals surface area contributed by atoms with Gasteiger partial charge in [0.15, 0.2) is 0 Å². The van der Waals surface area contributed by atoms with Gasteiger partial charge in [0.2, 0.25) is 5.91 Å². The van der Waals surface area contributed by atoms with E-state index in [1.54, 1.807) is 11.6 Å². The van der Waals surface area contributed by atoms with Gasteiger partial charge < -0.3 is 4.90 Å². The van der Waals surface area contributed by atoms with E-state index in [0.29, 0.717) is 16.7 Å². The molecule has 0 aliphatic heterocycles. The van der Waals surface area contributed by atoms with Crippen LogP contribution in [0.25, 0.3) is 10.9 Å². The molecule has 2 aliphatic carbocycles. The van der Waals surface area contributed by atoms with Gasteiger partial charge in [0.25, 0.3) is 5.56 Å². The molecule has 0 saturated heterocycles. The van der Waals surface area contributed by atoms with Crippen LogP contribution in [0.4, 0.5) is 0 Å². The highest BCUT2D eigenvalue weighted by Gasteiger charge is 2.40. The molecule has 5 nitrogen and oxygen atoms in total. The first kappa shape index (κ1) is 17.3. The predicted octanol–water partition coefficient (Wildman–Crippen LogP) is 3.57. The van der Waals surface area contributed by atoms with E-state index in [4.69, 9.17) is 4.98 Å². The van der Waals surface area contributed by atoms with E-state index in [2.05, 4.69) is 4.90 Å². The number of carbonyl (C=O) groups excluding carboxylic acids is 1. The number of amides is 1. The van der Waals surface area contributed by atoms with Crippen molar-refractivity contribution < 1.29 is 4.79 Å². The van der Waals surface area contributed by atoms with Gasteiger partial charge in [0, 0.05) is 19.0 Å². The molecule has 0 spiro atoms. The summed E-state index contributed by atoms with van der Waals surface area (Å²) in [6, 6.07) is 7.54. The van der Waals surface area contributed by atoms with Crippen LogP contribution in [0.1, 0.15) is 63.7 Å². The van der Waals surface area contributed by atoms with E-state index in [1.165, 1.54) is 19.3 Å². The second-order valence-corrected chi connectivity index (χ2v) is 7.84. The Kier molecular flexibility index (Phi) is 4.55. The Labute approximate surface area is 154 Å². The molecule has 2 aromatic rings. The van der Waals surface area contributed by atoms with Gasteiger partial charge in [-0.15, -0.1) is 0 Å². The van der Waals surface area contributed by atoms with Gasteiger partial charge >= 0.3 is 0 Å². The van der Waals surface area contributed by atoms with Crippen LogP contribution in [-0.4, -0.2) is 26.4 Å². The maximum absolute atomic E-state index is 13.1. The molecule has 2 saturated carbocycles. The fourth-order valence-electron chi connectivity index (χ4n) is 4.32. The minimum absolute atomic E-state index is 0.0417. The maximum atomic E-state index is 13.1. The third kappa shape index (κ3) is 3.04. The summed E-state index contributed by atoms with van der Waals surface area (Å²) in [5.74, 6) is 1.12. The van der Waals surface area contributed by atoms with Gasteiger partial charge in [-0.25, -0.2) is 4.98 Å². The van der Waals surface area contributed by atoms with Crippen LogP contribution in [-0.2, 0) is 11.8 Å². The van der Waals surface area contributed by atoms with Crippen molar-refractivity contribution in [2.45, 2.75) is 64.0 Å². The van der Waals surface area contributed by atoms with Gasteiger partial charge in [-0.1, -0.05) is 31.4 Å². The Balaban J connectivity index is 1.76. The molecule has 2 aliphatic rings. The molecular weight excluding hydrogens is 326 g/mol. The lowest BCUT2D eigenvalue weighted by Gasteiger charge is -2.39. The molecule has 0 radical (unpaired) electrons. The normalized spacial score (nSPS) is 19.5. The smallest absolute Gasteiger partial charge is 0.261 e. The van der Waals surface area contributed by atoms with Crippen molar-refractivity contribution in [2.75, 3.05) is 0 Å². The highest BCUT2D eigenvalue weighted by molar-refractivity contribution is 5.82. The summed E-state index contributed by atoms with van der Waals surface area (Å²) in [7, 11) is 1.77.